The molecule has 0 atom stereocenters. The summed E-state index contributed by atoms with van der Waals surface area (Å²) in [6.45, 7) is 0.178. The third-order valence-corrected chi connectivity index (χ3v) is 3.59. The van der Waals surface area contributed by atoms with Crippen molar-refractivity contribution in [3.63, 3.8) is 0 Å². The molecular formula is C17H18ClFN2O4. The van der Waals surface area contributed by atoms with Crippen LogP contribution in [0.5, 0.6) is 17.2 Å². The Morgan fingerprint density at radius 1 is 1.08 bits per heavy atom. The van der Waals surface area contributed by atoms with E-state index in [0.29, 0.717) is 17.2 Å². The number of hydrogen-bond donors (Lipinski definition) is 2. The Hall–Kier alpha value is -2.67. The zero-order valence-corrected chi connectivity index (χ0v) is 14.7. The van der Waals surface area contributed by atoms with Crippen molar-refractivity contribution in [3.05, 3.63) is 46.7 Å². The minimum atomic E-state index is -0.615. The number of nitrogens with one attached hydrogen (secondary N) is 2. The zero-order valence-electron chi connectivity index (χ0n) is 14.0. The molecule has 0 aliphatic carbocycles. The van der Waals surface area contributed by atoms with Crippen molar-refractivity contribution in [1.29, 1.82) is 0 Å². The molecule has 0 saturated heterocycles. The van der Waals surface area contributed by atoms with Crippen molar-refractivity contribution in [3.8, 4) is 17.2 Å². The predicted octanol–water partition coefficient (Wildman–Crippen LogP) is 3.83. The van der Waals surface area contributed by atoms with Crippen LogP contribution in [0.1, 0.15) is 5.56 Å². The smallest absolute Gasteiger partial charge is 0.319 e. The summed E-state index contributed by atoms with van der Waals surface area (Å²) < 4.78 is 29.4. The van der Waals surface area contributed by atoms with Crippen molar-refractivity contribution in [2.24, 2.45) is 0 Å². The second-order valence-corrected chi connectivity index (χ2v) is 5.40. The van der Waals surface area contributed by atoms with E-state index in [1.54, 1.807) is 12.1 Å². The molecule has 0 aliphatic rings. The van der Waals surface area contributed by atoms with Crippen LogP contribution in [0.4, 0.5) is 14.9 Å². The van der Waals surface area contributed by atoms with Crippen LogP contribution in [0, 0.1) is 5.82 Å². The van der Waals surface area contributed by atoms with Gasteiger partial charge < -0.3 is 24.8 Å². The van der Waals surface area contributed by atoms with Crippen molar-refractivity contribution < 1.29 is 23.4 Å². The molecule has 2 amide bonds. The molecule has 8 heteroatoms. The van der Waals surface area contributed by atoms with Gasteiger partial charge in [-0.2, -0.15) is 0 Å². The standard InChI is InChI=1S/C17H18ClFN2O4/c1-23-14-6-10(7-15(24-2)16(14)25-3)9-20-17(22)21-13-5-4-11(18)8-12(13)19/h4-8H,9H2,1-3H3,(H2,20,21,22). The van der Waals surface area contributed by atoms with E-state index in [1.165, 1.54) is 33.5 Å². The van der Waals surface area contributed by atoms with Gasteiger partial charge in [-0.1, -0.05) is 11.6 Å². The van der Waals surface area contributed by atoms with Crippen LogP contribution in [0.15, 0.2) is 30.3 Å². The SMILES string of the molecule is COc1cc(CNC(=O)Nc2ccc(Cl)cc2F)cc(OC)c1OC. The van der Waals surface area contributed by atoms with Gasteiger partial charge in [0.2, 0.25) is 5.75 Å². The Kier molecular flexibility index (Phi) is 6.30. The molecule has 0 unspecified atom stereocenters. The average molecular weight is 369 g/mol. The molecule has 0 aromatic heterocycles. The van der Waals surface area contributed by atoms with Gasteiger partial charge in [0.25, 0.3) is 0 Å². The fraction of sp³-hybridized carbons (Fsp3) is 0.235. The number of carbonyl (C=O) groups excluding carboxylic acids is 1. The third kappa shape index (κ3) is 4.67. The molecule has 0 bridgehead atoms. The van der Waals surface area contributed by atoms with Crippen LogP contribution in [-0.2, 0) is 6.54 Å². The van der Waals surface area contributed by atoms with Gasteiger partial charge in [0.15, 0.2) is 11.5 Å². The van der Waals surface area contributed by atoms with Gasteiger partial charge in [0, 0.05) is 11.6 Å². The van der Waals surface area contributed by atoms with Gasteiger partial charge >= 0.3 is 6.03 Å². The van der Waals surface area contributed by atoms with E-state index < -0.39 is 11.8 Å². The average Bonchev–Trinajstić information content (AvgIpc) is 2.61. The summed E-state index contributed by atoms with van der Waals surface area (Å²) in [5.74, 6) is 0.794. The summed E-state index contributed by atoms with van der Waals surface area (Å²) in [5.41, 5.74) is 0.757. The Labute approximate surface area is 149 Å². The Morgan fingerprint density at radius 2 is 1.72 bits per heavy atom. The number of halogens is 2. The first-order chi connectivity index (χ1) is 12.0. The van der Waals surface area contributed by atoms with E-state index in [1.807, 2.05) is 0 Å². The van der Waals surface area contributed by atoms with Gasteiger partial charge in [0.1, 0.15) is 5.82 Å². The summed E-state index contributed by atoms with van der Waals surface area (Å²) >= 11 is 5.67. The molecule has 25 heavy (non-hydrogen) atoms. The first-order valence-electron chi connectivity index (χ1n) is 7.27. The lowest BCUT2D eigenvalue weighted by Gasteiger charge is -2.14. The third-order valence-electron chi connectivity index (χ3n) is 3.36. The van der Waals surface area contributed by atoms with Crippen molar-refractivity contribution in [1.82, 2.24) is 5.32 Å². The highest BCUT2D eigenvalue weighted by Crippen LogP contribution is 2.38. The highest BCUT2D eigenvalue weighted by atomic mass is 35.5. The minimum Gasteiger partial charge on any atom is -0.493 e. The van der Waals surface area contributed by atoms with Crippen LogP contribution in [0.3, 0.4) is 0 Å². The van der Waals surface area contributed by atoms with E-state index in [2.05, 4.69) is 10.6 Å². The van der Waals surface area contributed by atoms with Crippen LogP contribution >= 0.6 is 11.6 Å². The van der Waals surface area contributed by atoms with E-state index in [0.717, 1.165) is 11.6 Å². The monoisotopic (exact) mass is 368 g/mol. The van der Waals surface area contributed by atoms with E-state index >= 15 is 0 Å². The van der Waals surface area contributed by atoms with Crippen LogP contribution in [0.25, 0.3) is 0 Å². The fourth-order valence-corrected chi connectivity index (χ4v) is 2.34. The molecule has 0 spiro atoms. The van der Waals surface area contributed by atoms with Gasteiger partial charge in [-0.15, -0.1) is 0 Å². The first-order valence-corrected chi connectivity index (χ1v) is 7.65. The molecule has 6 nitrogen and oxygen atoms in total. The highest BCUT2D eigenvalue weighted by Gasteiger charge is 2.14. The number of methoxy groups -OCH3 is 3. The molecule has 0 heterocycles. The lowest BCUT2D eigenvalue weighted by molar-refractivity contribution is 0.251. The molecular weight excluding hydrogens is 351 g/mol. The number of amides is 2. The first kappa shape index (κ1) is 18.7. The summed E-state index contributed by atoms with van der Waals surface area (Å²) in [6, 6.07) is 6.86. The van der Waals surface area contributed by atoms with E-state index in [-0.39, 0.29) is 17.3 Å². The maximum atomic E-state index is 13.7. The van der Waals surface area contributed by atoms with Crippen molar-refractivity contribution in [2.45, 2.75) is 6.54 Å². The lowest BCUT2D eigenvalue weighted by atomic mass is 10.2. The molecule has 2 aromatic carbocycles. The number of hydrogen-bond acceptors (Lipinski definition) is 4. The van der Waals surface area contributed by atoms with Gasteiger partial charge in [-0.3, -0.25) is 0 Å². The molecule has 2 aromatic rings. The van der Waals surface area contributed by atoms with Crippen LogP contribution in [0.2, 0.25) is 5.02 Å². The molecule has 0 radical (unpaired) electrons. The van der Waals surface area contributed by atoms with Gasteiger partial charge in [0.05, 0.1) is 27.0 Å². The quantitative estimate of drug-likeness (QED) is 0.813. The molecule has 2 N–H and O–H groups in total. The molecule has 0 fully saturated rings. The summed E-state index contributed by atoms with van der Waals surface area (Å²) in [7, 11) is 4.52. The maximum absolute atomic E-state index is 13.7. The molecule has 2 rings (SSSR count). The topological polar surface area (TPSA) is 68.8 Å². The summed E-state index contributed by atoms with van der Waals surface area (Å²) in [6.07, 6.45) is 0. The molecule has 134 valence electrons. The van der Waals surface area contributed by atoms with Gasteiger partial charge in [-0.05, 0) is 35.9 Å². The van der Waals surface area contributed by atoms with E-state index in [9.17, 15) is 9.18 Å². The molecule has 0 aliphatic heterocycles. The Bertz CT molecular complexity index is 745. The summed E-state index contributed by atoms with van der Waals surface area (Å²) in [5, 5.41) is 5.30. The van der Waals surface area contributed by atoms with Crippen LogP contribution < -0.4 is 24.8 Å². The minimum absolute atomic E-state index is 0.0341. The number of benzene rings is 2. The largest absolute Gasteiger partial charge is 0.493 e. The number of anilines is 1. The summed E-state index contributed by atoms with van der Waals surface area (Å²) in [4.78, 5) is 11.9. The lowest BCUT2D eigenvalue weighted by Crippen LogP contribution is -2.28. The van der Waals surface area contributed by atoms with Crippen molar-refractivity contribution >= 4 is 23.3 Å². The number of rotatable bonds is 6. The van der Waals surface area contributed by atoms with Crippen molar-refractivity contribution in [2.75, 3.05) is 26.6 Å². The Morgan fingerprint density at radius 3 is 2.24 bits per heavy atom. The van der Waals surface area contributed by atoms with Gasteiger partial charge in [-0.25, -0.2) is 9.18 Å². The Balaban J connectivity index is 2.06. The number of ether oxygens (including phenoxy) is 3. The highest BCUT2D eigenvalue weighted by molar-refractivity contribution is 6.30. The zero-order chi connectivity index (χ0) is 18.4. The fourth-order valence-electron chi connectivity index (χ4n) is 2.18. The number of urea groups is 1. The number of carbonyl (C=O) groups is 1. The predicted molar refractivity (Wildman–Crippen MR) is 93.4 cm³/mol. The van der Waals surface area contributed by atoms with E-state index in [4.69, 9.17) is 25.8 Å². The second kappa shape index (κ2) is 8.43. The second-order valence-electron chi connectivity index (χ2n) is 4.97. The maximum Gasteiger partial charge on any atom is 0.319 e. The normalized spacial score (nSPS) is 10.1. The molecule has 0 saturated carbocycles. The van der Waals surface area contributed by atoms with Crippen LogP contribution in [-0.4, -0.2) is 27.4 Å².